The number of pyridine rings is 1. The van der Waals surface area contributed by atoms with Gasteiger partial charge in [-0.3, -0.25) is 14.6 Å². The molecule has 1 aliphatic rings. The van der Waals surface area contributed by atoms with Gasteiger partial charge in [-0.15, -0.1) is 0 Å². The Morgan fingerprint density at radius 3 is 2.64 bits per heavy atom. The number of amides is 1. The van der Waals surface area contributed by atoms with Crippen LogP contribution in [0.1, 0.15) is 34.7 Å². The van der Waals surface area contributed by atoms with Crippen molar-refractivity contribution in [2.45, 2.75) is 18.8 Å². The second-order valence-corrected chi connectivity index (χ2v) is 7.02. The average Bonchev–Trinajstić information content (AvgIpc) is 3.55. The van der Waals surface area contributed by atoms with E-state index in [0.29, 0.717) is 40.1 Å². The van der Waals surface area contributed by atoms with E-state index in [2.05, 4.69) is 10.3 Å². The van der Waals surface area contributed by atoms with Crippen LogP contribution in [0.5, 0.6) is 5.75 Å². The molecule has 1 N–H and O–H groups in total. The third-order valence-electron chi connectivity index (χ3n) is 4.65. The number of ether oxygens (including phenoxy) is 1. The Kier molecular flexibility index (Phi) is 5.08. The molecule has 1 aromatic heterocycles. The Hall–Kier alpha value is -3.18. The van der Waals surface area contributed by atoms with Crippen LogP contribution < -0.4 is 10.1 Å². The summed E-state index contributed by atoms with van der Waals surface area (Å²) in [4.78, 5) is 27.8. The molecular weight excluding hydrogens is 376 g/mol. The van der Waals surface area contributed by atoms with Gasteiger partial charge in [0.05, 0.1) is 16.9 Å². The Morgan fingerprint density at radius 2 is 1.96 bits per heavy atom. The first kappa shape index (κ1) is 18.2. The van der Waals surface area contributed by atoms with E-state index in [4.69, 9.17) is 16.3 Å². The van der Waals surface area contributed by atoms with Gasteiger partial charge in [-0.2, -0.15) is 0 Å². The third kappa shape index (κ3) is 3.89. The highest BCUT2D eigenvalue weighted by molar-refractivity contribution is 6.33. The molecule has 0 unspecified atom stereocenters. The van der Waals surface area contributed by atoms with Gasteiger partial charge in [0.1, 0.15) is 0 Å². The first-order valence-electron chi connectivity index (χ1n) is 8.92. The van der Waals surface area contributed by atoms with Crippen molar-refractivity contribution >= 4 is 29.7 Å². The van der Waals surface area contributed by atoms with Crippen molar-refractivity contribution in [1.29, 1.82) is 0 Å². The number of anilines is 1. The monoisotopic (exact) mass is 392 g/mol. The van der Waals surface area contributed by atoms with Crippen LogP contribution in [0.15, 0.2) is 60.8 Å². The molecule has 0 atom stereocenters. The molecule has 1 amide bonds. The van der Waals surface area contributed by atoms with Crippen LogP contribution in [0.25, 0.3) is 11.3 Å². The lowest BCUT2D eigenvalue weighted by molar-refractivity contribution is -0.120. The normalized spacial score (nSPS) is 13.0. The molecule has 1 fully saturated rings. The maximum Gasteiger partial charge on any atom is 0.298 e. The highest BCUT2D eigenvalue weighted by atomic mass is 35.5. The minimum absolute atomic E-state index is 0.340. The molecule has 140 valence electrons. The van der Waals surface area contributed by atoms with E-state index in [1.54, 1.807) is 30.3 Å². The molecular formula is C22H17ClN2O3. The predicted octanol–water partition coefficient (Wildman–Crippen LogP) is 5.07. The first-order chi connectivity index (χ1) is 13.7. The number of hydrogen-bond acceptors (Lipinski definition) is 4. The lowest BCUT2D eigenvalue weighted by Gasteiger charge is -2.11. The van der Waals surface area contributed by atoms with Crippen molar-refractivity contribution in [2.24, 2.45) is 0 Å². The molecule has 0 bridgehead atoms. The van der Waals surface area contributed by atoms with Crippen LogP contribution in [-0.2, 0) is 4.79 Å². The predicted molar refractivity (Wildman–Crippen MR) is 108 cm³/mol. The van der Waals surface area contributed by atoms with E-state index >= 15 is 0 Å². The molecule has 28 heavy (non-hydrogen) atoms. The summed E-state index contributed by atoms with van der Waals surface area (Å²) in [5.74, 6) is 0.516. The van der Waals surface area contributed by atoms with Crippen molar-refractivity contribution in [3.63, 3.8) is 0 Å². The van der Waals surface area contributed by atoms with E-state index in [-0.39, 0.29) is 5.91 Å². The fourth-order valence-corrected chi connectivity index (χ4v) is 3.25. The second-order valence-electron chi connectivity index (χ2n) is 6.61. The van der Waals surface area contributed by atoms with Crippen LogP contribution in [0.4, 0.5) is 5.69 Å². The van der Waals surface area contributed by atoms with Crippen molar-refractivity contribution in [2.75, 3.05) is 5.32 Å². The zero-order chi connectivity index (χ0) is 19.5. The maximum absolute atomic E-state index is 12.6. The zero-order valence-corrected chi connectivity index (χ0v) is 15.6. The largest absolute Gasteiger partial charge is 0.427 e. The number of nitrogens with one attached hydrogen (secondary N) is 1. The number of halogens is 1. The fourth-order valence-electron chi connectivity index (χ4n) is 3.01. The fraction of sp³-hybridized carbons (Fsp3) is 0.136. The lowest BCUT2D eigenvalue weighted by atomic mass is 10.1. The van der Waals surface area contributed by atoms with Crippen LogP contribution in [0.3, 0.4) is 0 Å². The Bertz CT molecular complexity index is 1030. The smallest absolute Gasteiger partial charge is 0.298 e. The summed E-state index contributed by atoms with van der Waals surface area (Å²) in [6.07, 6.45) is 3.76. The highest BCUT2D eigenvalue weighted by Gasteiger charge is 2.24. The molecule has 1 saturated carbocycles. The molecule has 1 aliphatic carbocycles. The van der Waals surface area contributed by atoms with Crippen molar-refractivity contribution in [3.8, 4) is 17.0 Å². The summed E-state index contributed by atoms with van der Waals surface area (Å²) >= 11 is 6.19. The van der Waals surface area contributed by atoms with Gasteiger partial charge in [0.15, 0.2) is 5.75 Å². The van der Waals surface area contributed by atoms with Gasteiger partial charge < -0.3 is 10.1 Å². The van der Waals surface area contributed by atoms with Gasteiger partial charge in [0.25, 0.3) is 12.4 Å². The van der Waals surface area contributed by atoms with Gasteiger partial charge in [0.2, 0.25) is 0 Å². The number of hydrogen-bond donors (Lipinski definition) is 1. The van der Waals surface area contributed by atoms with Gasteiger partial charge in [-0.05, 0) is 54.7 Å². The third-order valence-corrected chi connectivity index (χ3v) is 4.98. The number of rotatable bonds is 6. The second kappa shape index (κ2) is 7.82. The quantitative estimate of drug-likeness (QED) is 0.595. The van der Waals surface area contributed by atoms with Crippen molar-refractivity contribution < 1.29 is 14.3 Å². The standard InChI is InChI=1S/C22H17ClN2O3/c23-18-4-2-1-3-17(18)19-9-8-16(12-24-19)22(27)25-20-10-7-15(14-5-6-14)11-21(20)28-13-26/h1-4,7-14H,5-6H2,(H,25,27). The van der Waals surface area contributed by atoms with Gasteiger partial charge in [-0.1, -0.05) is 35.9 Å². The van der Waals surface area contributed by atoms with E-state index in [1.807, 2.05) is 24.3 Å². The van der Waals surface area contributed by atoms with Gasteiger partial charge in [0, 0.05) is 16.8 Å². The lowest BCUT2D eigenvalue weighted by Crippen LogP contribution is -2.13. The van der Waals surface area contributed by atoms with Gasteiger partial charge >= 0.3 is 0 Å². The summed E-state index contributed by atoms with van der Waals surface area (Å²) < 4.78 is 5.06. The number of carbonyl (C=O) groups is 2. The molecule has 0 aliphatic heterocycles. The Morgan fingerprint density at radius 1 is 1.14 bits per heavy atom. The molecule has 1 heterocycles. The number of carbonyl (C=O) groups excluding carboxylic acids is 2. The molecule has 4 rings (SSSR count). The minimum atomic E-state index is -0.340. The molecule has 0 spiro atoms. The van der Waals surface area contributed by atoms with E-state index in [1.165, 1.54) is 6.20 Å². The highest BCUT2D eigenvalue weighted by Crippen LogP contribution is 2.42. The summed E-state index contributed by atoms with van der Waals surface area (Å²) in [6, 6.07) is 16.3. The topological polar surface area (TPSA) is 68.3 Å². The number of benzene rings is 2. The summed E-state index contributed by atoms with van der Waals surface area (Å²) in [5, 5.41) is 3.38. The van der Waals surface area contributed by atoms with E-state index in [9.17, 15) is 9.59 Å². The molecule has 6 heteroatoms. The van der Waals surface area contributed by atoms with Crippen LogP contribution in [0, 0.1) is 0 Å². The minimum Gasteiger partial charge on any atom is -0.427 e. The van der Waals surface area contributed by atoms with Crippen LogP contribution >= 0.6 is 11.6 Å². The molecule has 0 saturated heterocycles. The summed E-state index contributed by atoms with van der Waals surface area (Å²) in [6.45, 7) is 0.363. The van der Waals surface area contributed by atoms with Crippen LogP contribution in [0.2, 0.25) is 5.02 Å². The Labute approximate surface area is 167 Å². The molecule has 5 nitrogen and oxygen atoms in total. The van der Waals surface area contributed by atoms with Crippen molar-refractivity contribution in [1.82, 2.24) is 4.98 Å². The van der Waals surface area contributed by atoms with Gasteiger partial charge in [-0.25, -0.2) is 0 Å². The molecule has 2 aromatic carbocycles. The van der Waals surface area contributed by atoms with Crippen LogP contribution in [-0.4, -0.2) is 17.4 Å². The summed E-state index contributed by atoms with van der Waals surface area (Å²) in [7, 11) is 0. The Balaban J connectivity index is 1.53. The molecule has 3 aromatic rings. The zero-order valence-electron chi connectivity index (χ0n) is 14.9. The molecule has 0 radical (unpaired) electrons. The first-order valence-corrected chi connectivity index (χ1v) is 9.30. The average molecular weight is 393 g/mol. The number of aromatic nitrogens is 1. The van der Waals surface area contributed by atoms with E-state index in [0.717, 1.165) is 24.0 Å². The summed E-state index contributed by atoms with van der Waals surface area (Å²) in [5.41, 5.74) is 3.42. The maximum atomic E-state index is 12.6. The van der Waals surface area contributed by atoms with Crippen molar-refractivity contribution in [3.05, 3.63) is 76.9 Å². The van der Waals surface area contributed by atoms with E-state index < -0.39 is 0 Å². The SMILES string of the molecule is O=COc1cc(C2CC2)ccc1NC(=O)c1ccc(-c2ccccc2Cl)nc1. The number of nitrogens with zero attached hydrogens (tertiary/aromatic N) is 1.